The number of anilines is 2. The van der Waals surface area contributed by atoms with Crippen molar-refractivity contribution in [1.29, 1.82) is 0 Å². The molecular weight excluding hydrogens is 323 g/mol. The highest BCUT2D eigenvalue weighted by Gasteiger charge is 2.15. The third-order valence-electron chi connectivity index (χ3n) is 3.09. The van der Waals surface area contributed by atoms with E-state index in [2.05, 4.69) is 5.32 Å². The average Bonchev–Trinajstić information content (AvgIpc) is 2.49. The highest BCUT2D eigenvalue weighted by atomic mass is 35.5. The summed E-state index contributed by atoms with van der Waals surface area (Å²) in [6.07, 6.45) is 0. The maximum absolute atomic E-state index is 12.4. The number of carbonyl (C=O) groups is 1. The molecule has 2 amide bonds. The second kappa shape index (κ2) is 7.49. The van der Waals surface area contributed by atoms with E-state index in [-0.39, 0.29) is 19.2 Å². The number of aliphatic hydroxyl groups is 1. The van der Waals surface area contributed by atoms with Crippen LogP contribution in [0.15, 0.2) is 42.5 Å². The van der Waals surface area contributed by atoms with Crippen LogP contribution in [-0.4, -0.2) is 24.3 Å². The van der Waals surface area contributed by atoms with E-state index >= 15 is 0 Å². The third kappa shape index (κ3) is 4.13. The van der Waals surface area contributed by atoms with Gasteiger partial charge in [0.2, 0.25) is 0 Å². The van der Waals surface area contributed by atoms with Crippen LogP contribution < -0.4 is 10.2 Å². The van der Waals surface area contributed by atoms with Gasteiger partial charge in [0.1, 0.15) is 0 Å². The molecule has 0 radical (unpaired) electrons. The maximum Gasteiger partial charge on any atom is 0.326 e. The van der Waals surface area contributed by atoms with E-state index in [1.807, 2.05) is 31.2 Å². The average molecular weight is 339 g/mol. The number of halogens is 2. The highest BCUT2D eigenvalue weighted by molar-refractivity contribution is 6.42. The Morgan fingerprint density at radius 1 is 1.14 bits per heavy atom. The van der Waals surface area contributed by atoms with Crippen molar-refractivity contribution >= 4 is 40.6 Å². The normalized spacial score (nSPS) is 10.4. The minimum Gasteiger partial charge on any atom is -0.395 e. The largest absolute Gasteiger partial charge is 0.395 e. The highest BCUT2D eigenvalue weighted by Crippen LogP contribution is 2.25. The molecule has 0 bridgehead atoms. The molecule has 0 aromatic heterocycles. The molecule has 0 atom stereocenters. The van der Waals surface area contributed by atoms with Gasteiger partial charge in [-0.15, -0.1) is 0 Å². The fraction of sp³-hybridized carbons (Fsp3) is 0.188. The van der Waals surface area contributed by atoms with Crippen molar-refractivity contribution < 1.29 is 9.90 Å². The molecule has 0 aliphatic heterocycles. The molecule has 2 aromatic carbocycles. The molecule has 0 aliphatic carbocycles. The molecule has 0 fully saturated rings. The van der Waals surface area contributed by atoms with Gasteiger partial charge < -0.3 is 10.4 Å². The Bertz CT molecular complexity index is 660. The number of benzene rings is 2. The molecule has 2 aromatic rings. The lowest BCUT2D eigenvalue weighted by Crippen LogP contribution is -2.37. The van der Waals surface area contributed by atoms with E-state index in [1.165, 1.54) is 4.90 Å². The first-order valence-electron chi connectivity index (χ1n) is 6.72. The molecule has 116 valence electrons. The van der Waals surface area contributed by atoms with Gasteiger partial charge in [-0.1, -0.05) is 40.9 Å². The molecule has 0 unspecified atom stereocenters. The third-order valence-corrected chi connectivity index (χ3v) is 3.82. The Kier molecular flexibility index (Phi) is 5.66. The van der Waals surface area contributed by atoms with Crippen molar-refractivity contribution in [2.24, 2.45) is 0 Å². The minimum atomic E-state index is -0.351. The molecular formula is C16H16Cl2N2O2. The Morgan fingerprint density at radius 2 is 1.82 bits per heavy atom. The number of carbonyl (C=O) groups excluding carboxylic acids is 1. The van der Waals surface area contributed by atoms with Crippen molar-refractivity contribution in [1.82, 2.24) is 0 Å². The van der Waals surface area contributed by atoms with E-state index in [0.29, 0.717) is 21.4 Å². The Balaban J connectivity index is 2.18. The summed E-state index contributed by atoms with van der Waals surface area (Å²) in [5, 5.41) is 12.7. The number of hydrogen-bond donors (Lipinski definition) is 2. The molecule has 2 N–H and O–H groups in total. The first-order valence-corrected chi connectivity index (χ1v) is 7.48. The quantitative estimate of drug-likeness (QED) is 0.871. The van der Waals surface area contributed by atoms with Crippen LogP contribution in [0, 0.1) is 6.92 Å². The molecule has 0 spiro atoms. The van der Waals surface area contributed by atoms with Crippen LogP contribution in [0.1, 0.15) is 5.56 Å². The summed E-state index contributed by atoms with van der Waals surface area (Å²) in [5.74, 6) is 0. The van der Waals surface area contributed by atoms with Crippen LogP contribution in [0.25, 0.3) is 0 Å². The molecule has 0 saturated heterocycles. The van der Waals surface area contributed by atoms with E-state index < -0.39 is 0 Å². The number of aryl methyl sites for hydroxylation is 1. The van der Waals surface area contributed by atoms with Gasteiger partial charge in [0.25, 0.3) is 0 Å². The van der Waals surface area contributed by atoms with Gasteiger partial charge in [0, 0.05) is 11.4 Å². The first kappa shape index (κ1) is 16.6. The molecule has 2 rings (SSSR count). The first-order chi connectivity index (χ1) is 10.5. The number of aliphatic hydroxyl groups excluding tert-OH is 1. The molecule has 4 nitrogen and oxygen atoms in total. The van der Waals surface area contributed by atoms with Crippen molar-refractivity contribution in [3.8, 4) is 0 Å². The van der Waals surface area contributed by atoms with Crippen molar-refractivity contribution in [3.63, 3.8) is 0 Å². The Morgan fingerprint density at radius 3 is 2.41 bits per heavy atom. The predicted octanol–water partition coefficient (Wildman–Crippen LogP) is 4.33. The number of hydrogen-bond acceptors (Lipinski definition) is 2. The van der Waals surface area contributed by atoms with E-state index in [4.69, 9.17) is 23.2 Å². The molecule has 0 aliphatic rings. The van der Waals surface area contributed by atoms with Gasteiger partial charge in [0.15, 0.2) is 0 Å². The van der Waals surface area contributed by atoms with Crippen LogP contribution >= 0.6 is 23.2 Å². The lowest BCUT2D eigenvalue weighted by atomic mass is 10.2. The van der Waals surface area contributed by atoms with E-state index in [0.717, 1.165) is 5.56 Å². The second-order valence-corrected chi connectivity index (χ2v) is 5.58. The lowest BCUT2D eigenvalue weighted by molar-refractivity contribution is 0.252. The topological polar surface area (TPSA) is 52.6 Å². The molecule has 0 saturated carbocycles. The lowest BCUT2D eigenvalue weighted by Gasteiger charge is -2.22. The van der Waals surface area contributed by atoms with Crippen molar-refractivity contribution in [2.75, 3.05) is 23.4 Å². The Hall–Kier alpha value is -1.75. The van der Waals surface area contributed by atoms with Gasteiger partial charge in [-0.05, 0) is 37.3 Å². The van der Waals surface area contributed by atoms with E-state index in [1.54, 1.807) is 18.2 Å². The summed E-state index contributed by atoms with van der Waals surface area (Å²) >= 11 is 11.8. The summed E-state index contributed by atoms with van der Waals surface area (Å²) in [5.41, 5.74) is 2.34. The number of urea groups is 1. The standard InChI is InChI=1S/C16H16Cl2N2O2/c1-11-2-5-13(6-3-11)20(8-9-21)16(22)19-12-4-7-14(17)15(18)10-12/h2-7,10,21H,8-9H2,1H3,(H,19,22). The van der Waals surface area contributed by atoms with Gasteiger partial charge in [-0.2, -0.15) is 0 Å². The molecule has 0 heterocycles. The molecule has 6 heteroatoms. The maximum atomic E-state index is 12.4. The fourth-order valence-corrected chi connectivity index (χ4v) is 2.24. The van der Waals surface area contributed by atoms with Crippen molar-refractivity contribution in [3.05, 3.63) is 58.1 Å². The summed E-state index contributed by atoms with van der Waals surface area (Å²) in [6, 6.07) is 12.0. The van der Waals surface area contributed by atoms with Crippen LogP contribution in [0.3, 0.4) is 0 Å². The second-order valence-electron chi connectivity index (χ2n) is 4.77. The zero-order chi connectivity index (χ0) is 16.1. The van der Waals surface area contributed by atoms with Crippen LogP contribution in [0.4, 0.5) is 16.2 Å². The SMILES string of the molecule is Cc1ccc(N(CCO)C(=O)Nc2ccc(Cl)c(Cl)c2)cc1. The van der Waals surface area contributed by atoms with Gasteiger partial charge in [0.05, 0.1) is 23.2 Å². The van der Waals surface area contributed by atoms with E-state index in [9.17, 15) is 9.90 Å². The smallest absolute Gasteiger partial charge is 0.326 e. The Labute approximate surface area is 139 Å². The van der Waals surface area contributed by atoms with Crippen LogP contribution in [0.2, 0.25) is 10.0 Å². The summed E-state index contributed by atoms with van der Waals surface area (Å²) < 4.78 is 0. The molecule has 22 heavy (non-hydrogen) atoms. The number of nitrogens with zero attached hydrogens (tertiary/aromatic N) is 1. The fourth-order valence-electron chi connectivity index (χ4n) is 1.94. The van der Waals surface area contributed by atoms with Gasteiger partial charge in [-0.25, -0.2) is 4.79 Å². The number of amides is 2. The summed E-state index contributed by atoms with van der Waals surface area (Å²) in [4.78, 5) is 13.9. The number of nitrogens with one attached hydrogen (secondary N) is 1. The summed E-state index contributed by atoms with van der Waals surface area (Å²) in [6.45, 7) is 2.02. The predicted molar refractivity (Wildman–Crippen MR) is 91.1 cm³/mol. The monoisotopic (exact) mass is 338 g/mol. The van der Waals surface area contributed by atoms with Crippen LogP contribution in [0.5, 0.6) is 0 Å². The summed E-state index contributed by atoms with van der Waals surface area (Å²) in [7, 11) is 0. The van der Waals surface area contributed by atoms with Crippen LogP contribution in [-0.2, 0) is 0 Å². The van der Waals surface area contributed by atoms with Crippen molar-refractivity contribution in [2.45, 2.75) is 6.92 Å². The zero-order valence-electron chi connectivity index (χ0n) is 12.0. The van der Waals surface area contributed by atoms with Gasteiger partial charge in [-0.3, -0.25) is 4.90 Å². The van der Waals surface area contributed by atoms with Gasteiger partial charge >= 0.3 is 6.03 Å². The minimum absolute atomic E-state index is 0.136. The number of rotatable bonds is 4. The zero-order valence-corrected chi connectivity index (χ0v) is 13.5.